The van der Waals surface area contributed by atoms with Gasteiger partial charge in [-0.3, -0.25) is 0 Å². The highest BCUT2D eigenvalue weighted by Gasteiger charge is 2.09. The molecule has 2 rings (SSSR count). The summed E-state index contributed by atoms with van der Waals surface area (Å²) in [6.45, 7) is 5.11. The van der Waals surface area contributed by atoms with Crippen molar-refractivity contribution < 1.29 is 4.39 Å². The van der Waals surface area contributed by atoms with Gasteiger partial charge in [0, 0.05) is 17.8 Å². The highest BCUT2D eigenvalue weighted by molar-refractivity contribution is 7.09. The van der Waals surface area contributed by atoms with Gasteiger partial charge in [-0.05, 0) is 31.2 Å². The van der Waals surface area contributed by atoms with Gasteiger partial charge in [0.2, 0.25) is 0 Å². The Hall–Kier alpha value is -1.26. The van der Waals surface area contributed by atoms with Crippen molar-refractivity contribution in [2.75, 3.05) is 6.54 Å². The number of nitrogens with one attached hydrogen (secondary N) is 1. The monoisotopic (exact) mass is 264 g/mol. The molecular formula is C14H17FN2S. The van der Waals surface area contributed by atoms with E-state index in [1.54, 1.807) is 23.5 Å². The lowest BCUT2D eigenvalue weighted by molar-refractivity contribution is 0.585. The molecule has 1 unspecified atom stereocenters. The fourth-order valence-electron chi connectivity index (χ4n) is 1.84. The maximum atomic E-state index is 13.1. The van der Waals surface area contributed by atoms with E-state index < -0.39 is 0 Å². The fourth-order valence-corrected chi connectivity index (χ4v) is 2.76. The molecule has 1 aromatic heterocycles. The average Bonchev–Trinajstić information content (AvgIpc) is 2.78. The van der Waals surface area contributed by atoms with E-state index in [9.17, 15) is 4.39 Å². The minimum absolute atomic E-state index is 0.190. The van der Waals surface area contributed by atoms with Crippen LogP contribution in [0.1, 0.15) is 36.2 Å². The number of halogens is 1. The van der Waals surface area contributed by atoms with E-state index in [0.717, 1.165) is 22.8 Å². The van der Waals surface area contributed by atoms with Crippen LogP contribution >= 0.6 is 11.3 Å². The Morgan fingerprint density at radius 1 is 1.44 bits per heavy atom. The third-order valence-electron chi connectivity index (χ3n) is 2.77. The molecule has 0 fully saturated rings. The molecule has 0 saturated carbocycles. The van der Waals surface area contributed by atoms with Crippen LogP contribution in [-0.4, -0.2) is 11.5 Å². The normalized spacial score (nSPS) is 12.6. The number of rotatable bonds is 5. The lowest BCUT2D eigenvalue weighted by atomic mass is 10.1. The summed E-state index contributed by atoms with van der Waals surface area (Å²) < 4.78 is 13.1. The zero-order valence-electron chi connectivity index (χ0n) is 10.6. The maximum absolute atomic E-state index is 13.1. The van der Waals surface area contributed by atoms with E-state index in [1.165, 1.54) is 6.07 Å². The summed E-state index contributed by atoms with van der Waals surface area (Å²) in [6, 6.07) is 6.96. The first kappa shape index (κ1) is 13.2. The first-order valence-corrected chi connectivity index (χ1v) is 6.99. The Labute approximate surface area is 111 Å². The molecule has 0 aliphatic heterocycles. The molecule has 4 heteroatoms. The van der Waals surface area contributed by atoms with Crippen molar-refractivity contribution >= 4 is 11.3 Å². The van der Waals surface area contributed by atoms with Gasteiger partial charge >= 0.3 is 0 Å². The van der Waals surface area contributed by atoms with Gasteiger partial charge in [-0.25, -0.2) is 9.37 Å². The van der Waals surface area contributed by atoms with Gasteiger partial charge in [0.1, 0.15) is 5.82 Å². The molecule has 96 valence electrons. The summed E-state index contributed by atoms with van der Waals surface area (Å²) in [6.07, 6.45) is 0.696. The average molecular weight is 264 g/mol. The second-order valence-corrected chi connectivity index (χ2v) is 5.19. The highest BCUT2D eigenvalue weighted by atomic mass is 32.1. The quantitative estimate of drug-likeness (QED) is 0.893. The van der Waals surface area contributed by atoms with Gasteiger partial charge in [-0.2, -0.15) is 0 Å². The smallest absolute Gasteiger partial charge is 0.123 e. The van der Waals surface area contributed by atoms with Gasteiger partial charge in [0.25, 0.3) is 0 Å². The molecule has 1 aromatic carbocycles. The predicted molar refractivity (Wildman–Crippen MR) is 73.4 cm³/mol. The van der Waals surface area contributed by atoms with Gasteiger partial charge in [0.05, 0.1) is 10.7 Å². The van der Waals surface area contributed by atoms with Crippen LogP contribution in [0.15, 0.2) is 29.6 Å². The van der Waals surface area contributed by atoms with Crippen molar-refractivity contribution in [1.82, 2.24) is 10.3 Å². The lowest BCUT2D eigenvalue weighted by Crippen LogP contribution is -2.17. The van der Waals surface area contributed by atoms with E-state index in [1.807, 2.05) is 6.07 Å². The zero-order valence-corrected chi connectivity index (χ0v) is 11.4. The molecule has 2 nitrogen and oxygen atoms in total. The van der Waals surface area contributed by atoms with Crippen molar-refractivity contribution in [2.45, 2.75) is 26.3 Å². The summed E-state index contributed by atoms with van der Waals surface area (Å²) >= 11 is 1.63. The molecule has 0 aliphatic rings. The summed E-state index contributed by atoms with van der Waals surface area (Å²) in [7, 11) is 0. The van der Waals surface area contributed by atoms with Gasteiger partial charge < -0.3 is 5.32 Å². The third kappa shape index (κ3) is 3.37. The van der Waals surface area contributed by atoms with Crippen molar-refractivity contribution in [3.05, 3.63) is 51.7 Å². The Balaban J connectivity index is 2.06. The first-order chi connectivity index (χ1) is 8.69. The summed E-state index contributed by atoms with van der Waals surface area (Å²) in [5.41, 5.74) is 2.03. The van der Waals surface area contributed by atoms with Gasteiger partial charge in [-0.1, -0.05) is 19.1 Å². The van der Waals surface area contributed by atoms with E-state index in [0.29, 0.717) is 6.42 Å². The van der Waals surface area contributed by atoms with Gasteiger partial charge in [0.15, 0.2) is 0 Å². The predicted octanol–water partition coefficient (Wildman–Crippen LogP) is 3.54. The van der Waals surface area contributed by atoms with E-state index in [4.69, 9.17) is 0 Å². The minimum Gasteiger partial charge on any atom is -0.309 e. The molecular weight excluding hydrogens is 247 g/mol. The molecule has 0 bridgehead atoms. The Bertz CT molecular complexity index is 510. The number of aromatic nitrogens is 1. The van der Waals surface area contributed by atoms with Gasteiger partial charge in [-0.15, -0.1) is 11.3 Å². The number of hydrogen-bond acceptors (Lipinski definition) is 3. The van der Waals surface area contributed by atoms with Crippen LogP contribution in [0.5, 0.6) is 0 Å². The summed E-state index contributed by atoms with van der Waals surface area (Å²) in [5, 5.41) is 6.43. The van der Waals surface area contributed by atoms with Crippen LogP contribution < -0.4 is 5.32 Å². The minimum atomic E-state index is -0.190. The van der Waals surface area contributed by atoms with Crippen molar-refractivity contribution in [3.63, 3.8) is 0 Å². The second kappa shape index (κ2) is 6.07. The second-order valence-electron chi connectivity index (χ2n) is 4.25. The molecule has 0 aliphatic carbocycles. The van der Waals surface area contributed by atoms with E-state index in [2.05, 4.69) is 29.5 Å². The standard InChI is InChI=1S/C14H17FN2S/c1-3-16-10(2)13-9-18-14(17-13)8-11-5-4-6-12(15)7-11/h4-7,9-10,16H,3,8H2,1-2H3. The molecule has 1 heterocycles. The van der Waals surface area contributed by atoms with Crippen LogP contribution in [0.3, 0.4) is 0 Å². The Morgan fingerprint density at radius 2 is 2.28 bits per heavy atom. The van der Waals surface area contributed by atoms with E-state index in [-0.39, 0.29) is 11.9 Å². The zero-order chi connectivity index (χ0) is 13.0. The molecule has 18 heavy (non-hydrogen) atoms. The molecule has 0 radical (unpaired) electrons. The molecule has 0 saturated heterocycles. The van der Waals surface area contributed by atoms with Crippen LogP contribution in [0.25, 0.3) is 0 Å². The number of hydrogen-bond donors (Lipinski definition) is 1. The summed E-state index contributed by atoms with van der Waals surface area (Å²) in [4.78, 5) is 4.59. The molecule has 1 atom stereocenters. The summed E-state index contributed by atoms with van der Waals surface area (Å²) in [5.74, 6) is -0.190. The molecule has 1 N–H and O–H groups in total. The number of thiazole rings is 1. The first-order valence-electron chi connectivity index (χ1n) is 6.11. The molecule has 2 aromatic rings. The molecule has 0 spiro atoms. The van der Waals surface area contributed by atoms with Crippen LogP contribution in [0, 0.1) is 5.82 Å². The SMILES string of the molecule is CCNC(C)c1csc(Cc2cccc(F)c2)n1. The van der Waals surface area contributed by atoms with Crippen molar-refractivity contribution in [1.29, 1.82) is 0 Å². The maximum Gasteiger partial charge on any atom is 0.123 e. The van der Waals surface area contributed by atoms with Crippen LogP contribution in [-0.2, 0) is 6.42 Å². The van der Waals surface area contributed by atoms with E-state index >= 15 is 0 Å². The number of benzene rings is 1. The molecule has 0 amide bonds. The number of nitrogens with zero attached hydrogens (tertiary/aromatic N) is 1. The lowest BCUT2D eigenvalue weighted by Gasteiger charge is -2.08. The van der Waals surface area contributed by atoms with Crippen LogP contribution in [0.2, 0.25) is 0 Å². The highest BCUT2D eigenvalue weighted by Crippen LogP contribution is 2.19. The largest absolute Gasteiger partial charge is 0.309 e. The Kier molecular flexibility index (Phi) is 4.44. The van der Waals surface area contributed by atoms with Crippen molar-refractivity contribution in [2.24, 2.45) is 0 Å². The van der Waals surface area contributed by atoms with Crippen molar-refractivity contribution in [3.8, 4) is 0 Å². The van der Waals surface area contributed by atoms with Crippen LogP contribution in [0.4, 0.5) is 4.39 Å². The Morgan fingerprint density at radius 3 is 3.00 bits per heavy atom. The third-order valence-corrected chi connectivity index (χ3v) is 3.63. The topological polar surface area (TPSA) is 24.9 Å². The fraction of sp³-hybridized carbons (Fsp3) is 0.357.